The quantitative estimate of drug-likeness (QED) is 0.946. The molecule has 4 nitrogen and oxygen atoms in total. The van der Waals surface area contributed by atoms with Crippen molar-refractivity contribution in [1.29, 1.82) is 0 Å². The molecule has 1 aromatic heterocycles. The standard InChI is InChI=1S/C16H16N2O2S/c1-11-16(20)18(9-8-12-5-4-10-21-12)14-7-3-2-6-13(14)15(19)17-11/h2-7,10-11H,8-9H2,1H3,(H,17,19). The van der Waals surface area contributed by atoms with E-state index in [2.05, 4.69) is 11.4 Å². The number of benzene rings is 1. The van der Waals surface area contributed by atoms with Gasteiger partial charge < -0.3 is 10.2 Å². The van der Waals surface area contributed by atoms with Crippen LogP contribution in [0.4, 0.5) is 5.69 Å². The highest BCUT2D eigenvalue weighted by molar-refractivity contribution is 7.09. The molecule has 1 aromatic carbocycles. The third-order valence-corrected chi connectivity index (χ3v) is 4.52. The van der Waals surface area contributed by atoms with Gasteiger partial charge in [0.25, 0.3) is 5.91 Å². The molecule has 2 amide bonds. The summed E-state index contributed by atoms with van der Waals surface area (Å²) in [5, 5.41) is 4.77. The normalized spacial score (nSPS) is 18.1. The van der Waals surface area contributed by atoms with Gasteiger partial charge in [0.05, 0.1) is 11.3 Å². The van der Waals surface area contributed by atoms with Crippen molar-refractivity contribution in [3.05, 3.63) is 52.2 Å². The second-order valence-electron chi connectivity index (χ2n) is 5.03. The van der Waals surface area contributed by atoms with E-state index in [1.54, 1.807) is 29.2 Å². The van der Waals surface area contributed by atoms with Crippen molar-refractivity contribution in [2.24, 2.45) is 0 Å². The largest absolute Gasteiger partial charge is 0.340 e. The molecule has 2 heterocycles. The van der Waals surface area contributed by atoms with Crippen LogP contribution in [0, 0.1) is 0 Å². The molecule has 5 heteroatoms. The average molecular weight is 300 g/mol. The highest BCUT2D eigenvalue weighted by atomic mass is 32.1. The number of fused-ring (bicyclic) bond motifs is 1. The van der Waals surface area contributed by atoms with Crippen molar-refractivity contribution in [3.8, 4) is 0 Å². The summed E-state index contributed by atoms with van der Waals surface area (Å²) in [6.45, 7) is 2.31. The summed E-state index contributed by atoms with van der Waals surface area (Å²) in [4.78, 5) is 27.6. The zero-order chi connectivity index (χ0) is 14.8. The third kappa shape index (κ3) is 2.69. The van der Waals surface area contributed by atoms with Crippen LogP contribution in [0.1, 0.15) is 22.2 Å². The van der Waals surface area contributed by atoms with Crippen LogP contribution in [-0.2, 0) is 11.2 Å². The number of nitrogens with one attached hydrogen (secondary N) is 1. The summed E-state index contributed by atoms with van der Waals surface area (Å²) >= 11 is 1.68. The predicted molar refractivity (Wildman–Crippen MR) is 83.7 cm³/mol. The molecular formula is C16H16N2O2S. The fraction of sp³-hybridized carbons (Fsp3) is 0.250. The van der Waals surface area contributed by atoms with Crippen molar-refractivity contribution < 1.29 is 9.59 Å². The summed E-state index contributed by atoms with van der Waals surface area (Å²) in [6.07, 6.45) is 0.790. The molecule has 1 aliphatic heterocycles. The zero-order valence-corrected chi connectivity index (χ0v) is 12.5. The van der Waals surface area contributed by atoms with Crippen molar-refractivity contribution in [1.82, 2.24) is 5.32 Å². The lowest BCUT2D eigenvalue weighted by molar-refractivity contribution is -0.119. The minimum Gasteiger partial charge on any atom is -0.340 e. The Bertz CT molecular complexity index is 667. The highest BCUT2D eigenvalue weighted by Gasteiger charge is 2.30. The topological polar surface area (TPSA) is 49.4 Å². The SMILES string of the molecule is CC1NC(=O)c2ccccc2N(CCc2cccs2)C1=O. The smallest absolute Gasteiger partial charge is 0.254 e. The van der Waals surface area contributed by atoms with Crippen LogP contribution in [-0.4, -0.2) is 24.4 Å². The summed E-state index contributed by atoms with van der Waals surface area (Å²) in [7, 11) is 0. The van der Waals surface area contributed by atoms with Crippen LogP contribution in [0.2, 0.25) is 0 Å². The van der Waals surface area contributed by atoms with Gasteiger partial charge in [0.1, 0.15) is 6.04 Å². The van der Waals surface area contributed by atoms with Gasteiger partial charge in [-0.3, -0.25) is 9.59 Å². The van der Waals surface area contributed by atoms with Crippen molar-refractivity contribution >= 4 is 28.8 Å². The monoisotopic (exact) mass is 300 g/mol. The maximum absolute atomic E-state index is 12.5. The van der Waals surface area contributed by atoms with Gasteiger partial charge >= 0.3 is 0 Å². The van der Waals surface area contributed by atoms with Gasteiger partial charge in [-0.2, -0.15) is 0 Å². The lowest BCUT2D eigenvalue weighted by atomic mass is 10.1. The van der Waals surface area contributed by atoms with Gasteiger partial charge in [0.2, 0.25) is 5.91 Å². The Morgan fingerprint density at radius 3 is 2.76 bits per heavy atom. The van der Waals surface area contributed by atoms with E-state index >= 15 is 0 Å². The van der Waals surface area contributed by atoms with Crippen LogP contribution in [0.3, 0.4) is 0 Å². The van der Waals surface area contributed by atoms with Crippen molar-refractivity contribution in [3.63, 3.8) is 0 Å². The fourth-order valence-electron chi connectivity index (χ4n) is 2.50. The number of rotatable bonds is 3. The van der Waals surface area contributed by atoms with Gasteiger partial charge in [-0.1, -0.05) is 18.2 Å². The van der Waals surface area contributed by atoms with E-state index in [4.69, 9.17) is 0 Å². The van der Waals surface area contributed by atoms with Gasteiger partial charge in [-0.25, -0.2) is 0 Å². The highest BCUT2D eigenvalue weighted by Crippen LogP contribution is 2.24. The molecule has 0 spiro atoms. The molecule has 3 rings (SSSR count). The van der Waals surface area contributed by atoms with Crippen molar-refractivity contribution in [2.45, 2.75) is 19.4 Å². The Balaban J connectivity index is 1.93. The number of hydrogen-bond acceptors (Lipinski definition) is 3. The molecular weight excluding hydrogens is 284 g/mol. The predicted octanol–water partition coefficient (Wildman–Crippen LogP) is 2.46. The number of thiophene rings is 1. The minimum absolute atomic E-state index is 0.0649. The van der Waals surface area contributed by atoms with Crippen LogP contribution >= 0.6 is 11.3 Å². The maximum Gasteiger partial charge on any atom is 0.254 e. The molecule has 1 aliphatic rings. The Hall–Kier alpha value is -2.14. The van der Waals surface area contributed by atoms with E-state index in [0.717, 1.165) is 6.42 Å². The molecule has 0 bridgehead atoms. The zero-order valence-electron chi connectivity index (χ0n) is 11.7. The Kier molecular flexibility index (Phi) is 3.75. The average Bonchev–Trinajstić information content (AvgIpc) is 2.98. The summed E-state index contributed by atoms with van der Waals surface area (Å²) in [5.41, 5.74) is 1.25. The first-order chi connectivity index (χ1) is 10.2. The third-order valence-electron chi connectivity index (χ3n) is 3.59. The van der Waals surface area contributed by atoms with E-state index < -0.39 is 6.04 Å². The minimum atomic E-state index is -0.506. The second-order valence-corrected chi connectivity index (χ2v) is 6.06. The molecule has 0 saturated heterocycles. The van der Waals surface area contributed by atoms with Crippen molar-refractivity contribution in [2.75, 3.05) is 11.4 Å². The lowest BCUT2D eigenvalue weighted by Gasteiger charge is -2.23. The van der Waals surface area contributed by atoms with Crippen LogP contribution in [0.25, 0.3) is 0 Å². The molecule has 1 N–H and O–H groups in total. The van der Waals surface area contributed by atoms with E-state index in [-0.39, 0.29) is 11.8 Å². The second kappa shape index (κ2) is 5.69. The molecule has 2 aromatic rings. The first-order valence-corrected chi connectivity index (χ1v) is 7.78. The molecule has 0 aliphatic carbocycles. The Labute approximate surface area is 127 Å². The van der Waals surface area contributed by atoms with E-state index in [0.29, 0.717) is 17.8 Å². The lowest BCUT2D eigenvalue weighted by Crippen LogP contribution is -2.44. The molecule has 1 atom stereocenters. The van der Waals surface area contributed by atoms with Gasteiger partial charge in [-0.05, 0) is 36.9 Å². The van der Waals surface area contributed by atoms with E-state index in [1.165, 1.54) is 4.88 Å². The number of anilines is 1. The number of carbonyl (C=O) groups excluding carboxylic acids is 2. The molecule has 108 valence electrons. The first kappa shape index (κ1) is 13.8. The molecule has 0 saturated carbocycles. The van der Waals surface area contributed by atoms with Gasteiger partial charge in [0, 0.05) is 11.4 Å². The van der Waals surface area contributed by atoms with Crippen LogP contribution in [0.5, 0.6) is 0 Å². The summed E-state index contributed by atoms with van der Waals surface area (Å²) in [6, 6.07) is 10.8. The first-order valence-electron chi connectivity index (χ1n) is 6.90. The number of nitrogens with zero attached hydrogens (tertiary/aromatic N) is 1. The number of para-hydroxylation sites is 1. The van der Waals surface area contributed by atoms with Gasteiger partial charge in [0.15, 0.2) is 0 Å². The summed E-state index contributed by atoms with van der Waals surface area (Å²) in [5.74, 6) is -0.255. The van der Waals surface area contributed by atoms with Crippen LogP contribution < -0.4 is 10.2 Å². The molecule has 1 unspecified atom stereocenters. The number of carbonyl (C=O) groups is 2. The van der Waals surface area contributed by atoms with E-state index in [9.17, 15) is 9.59 Å². The number of amides is 2. The summed E-state index contributed by atoms with van der Waals surface area (Å²) < 4.78 is 0. The maximum atomic E-state index is 12.5. The Morgan fingerprint density at radius 2 is 2.00 bits per heavy atom. The molecule has 21 heavy (non-hydrogen) atoms. The number of hydrogen-bond donors (Lipinski definition) is 1. The molecule has 0 fully saturated rings. The van der Waals surface area contributed by atoms with Gasteiger partial charge in [-0.15, -0.1) is 11.3 Å². The molecule has 0 radical (unpaired) electrons. The van der Waals surface area contributed by atoms with Crippen LogP contribution in [0.15, 0.2) is 41.8 Å². The Morgan fingerprint density at radius 1 is 1.19 bits per heavy atom. The van der Waals surface area contributed by atoms with E-state index in [1.807, 2.05) is 29.6 Å². The fourth-order valence-corrected chi connectivity index (χ4v) is 3.20.